The van der Waals surface area contributed by atoms with E-state index in [0.717, 1.165) is 16.8 Å². The number of anilines is 1. The molecule has 2 N–H and O–H groups in total. The van der Waals surface area contributed by atoms with Crippen molar-refractivity contribution < 1.29 is 14.0 Å². The van der Waals surface area contributed by atoms with E-state index in [0.29, 0.717) is 6.54 Å². The van der Waals surface area contributed by atoms with Crippen molar-refractivity contribution in [3.8, 4) is 0 Å². The van der Waals surface area contributed by atoms with Crippen LogP contribution in [0.5, 0.6) is 0 Å². The number of amides is 2. The van der Waals surface area contributed by atoms with Crippen LogP contribution in [-0.2, 0) is 16.1 Å². The van der Waals surface area contributed by atoms with Gasteiger partial charge in [0.25, 0.3) is 0 Å². The minimum Gasteiger partial charge on any atom is -0.351 e. The van der Waals surface area contributed by atoms with Crippen molar-refractivity contribution in [3.63, 3.8) is 0 Å². The Morgan fingerprint density at radius 2 is 1.58 bits per heavy atom. The zero-order valence-electron chi connectivity index (χ0n) is 13.3. The van der Waals surface area contributed by atoms with Gasteiger partial charge < -0.3 is 10.6 Å². The minimum atomic E-state index is -0.305. The van der Waals surface area contributed by atoms with Gasteiger partial charge in [0.05, 0.1) is 11.5 Å². The quantitative estimate of drug-likeness (QED) is 0.810. The van der Waals surface area contributed by atoms with Gasteiger partial charge in [-0.3, -0.25) is 9.59 Å². The van der Waals surface area contributed by atoms with Crippen molar-refractivity contribution in [3.05, 3.63) is 65.5 Å². The summed E-state index contributed by atoms with van der Waals surface area (Å²) in [6.07, 6.45) is 0. The number of hydrogen-bond acceptors (Lipinski definition) is 3. The molecule has 0 bridgehead atoms. The molecule has 0 saturated carbocycles. The Labute approximate surface area is 144 Å². The molecule has 0 unspecified atom stereocenters. The molecule has 0 spiro atoms. The van der Waals surface area contributed by atoms with Crippen molar-refractivity contribution in [2.75, 3.05) is 16.8 Å². The molecule has 0 radical (unpaired) electrons. The van der Waals surface area contributed by atoms with E-state index < -0.39 is 0 Å². The number of halogens is 1. The van der Waals surface area contributed by atoms with Crippen LogP contribution in [0.2, 0.25) is 0 Å². The molecule has 0 heterocycles. The highest BCUT2D eigenvalue weighted by atomic mass is 32.2. The number of thioether (sulfide) groups is 1. The predicted octanol–water partition coefficient (Wildman–Crippen LogP) is 3.12. The summed E-state index contributed by atoms with van der Waals surface area (Å²) < 4.78 is 12.8. The molecule has 0 aliphatic heterocycles. The average molecular weight is 346 g/mol. The number of carbonyl (C=O) groups excluding carboxylic acids is 2. The lowest BCUT2D eigenvalue weighted by molar-refractivity contribution is -0.118. The topological polar surface area (TPSA) is 58.2 Å². The smallest absolute Gasteiger partial charge is 0.234 e. The van der Waals surface area contributed by atoms with Crippen molar-refractivity contribution in [1.82, 2.24) is 5.32 Å². The molecule has 2 aromatic rings. The van der Waals surface area contributed by atoms with E-state index in [9.17, 15) is 14.0 Å². The van der Waals surface area contributed by atoms with Gasteiger partial charge in [0, 0.05) is 12.2 Å². The predicted molar refractivity (Wildman–Crippen MR) is 95.4 cm³/mol. The minimum absolute atomic E-state index is 0.143. The van der Waals surface area contributed by atoms with Gasteiger partial charge in [-0.15, -0.1) is 11.8 Å². The second kappa shape index (κ2) is 9.08. The number of rotatable bonds is 7. The van der Waals surface area contributed by atoms with Crippen molar-refractivity contribution >= 4 is 29.3 Å². The van der Waals surface area contributed by atoms with E-state index in [1.807, 2.05) is 31.2 Å². The zero-order chi connectivity index (χ0) is 17.4. The first-order chi connectivity index (χ1) is 11.5. The van der Waals surface area contributed by atoms with Crippen molar-refractivity contribution in [2.45, 2.75) is 13.5 Å². The van der Waals surface area contributed by atoms with E-state index in [4.69, 9.17) is 0 Å². The van der Waals surface area contributed by atoms with Gasteiger partial charge in [-0.1, -0.05) is 29.8 Å². The summed E-state index contributed by atoms with van der Waals surface area (Å²) in [4.78, 5) is 23.5. The third-order valence-electron chi connectivity index (χ3n) is 3.20. The van der Waals surface area contributed by atoms with Crippen molar-refractivity contribution in [1.29, 1.82) is 0 Å². The lowest BCUT2D eigenvalue weighted by atomic mass is 10.2. The fourth-order valence-corrected chi connectivity index (χ4v) is 2.57. The molecule has 2 rings (SSSR count). The summed E-state index contributed by atoms with van der Waals surface area (Å²) in [6.45, 7) is 2.32. The first-order valence-electron chi connectivity index (χ1n) is 7.48. The van der Waals surface area contributed by atoms with Crippen LogP contribution < -0.4 is 10.6 Å². The molecule has 2 aromatic carbocycles. The molecule has 0 aromatic heterocycles. The largest absolute Gasteiger partial charge is 0.351 e. The monoisotopic (exact) mass is 346 g/mol. The van der Waals surface area contributed by atoms with Crippen LogP contribution in [0, 0.1) is 12.7 Å². The maximum atomic E-state index is 12.8. The molecule has 126 valence electrons. The van der Waals surface area contributed by atoms with Crippen LogP contribution in [0.25, 0.3) is 0 Å². The normalized spacial score (nSPS) is 10.2. The van der Waals surface area contributed by atoms with E-state index in [-0.39, 0.29) is 29.1 Å². The summed E-state index contributed by atoms with van der Waals surface area (Å²) in [5.41, 5.74) is 2.69. The molecule has 6 heteroatoms. The van der Waals surface area contributed by atoms with Gasteiger partial charge >= 0.3 is 0 Å². The number of benzene rings is 2. The van der Waals surface area contributed by atoms with E-state index in [2.05, 4.69) is 10.6 Å². The lowest BCUT2D eigenvalue weighted by Crippen LogP contribution is -2.25. The number of hydrogen-bond donors (Lipinski definition) is 2. The average Bonchev–Trinajstić information content (AvgIpc) is 2.56. The Bertz CT molecular complexity index is 687. The Morgan fingerprint density at radius 1 is 0.958 bits per heavy atom. The Hall–Kier alpha value is -2.34. The Balaban J connectivity index is 1.63. The first kappa shape index (κ1) is 18.0. The van der Waals surface area contributed by atoms with Gasteiger partial charge in [0.2, 0.25) is 11.8 Å². The third-order valence-corrected chi connectivity index (χ3v) is 4.14. The number of nitrogens with one attached hydrogen (secondary N) is 2. The highest BCUT2D eigenvalue weighted by Gasteiger charge is 2.06. The zero-order valence-corrected chi connectivity index (χ0v) is 14.2. The summed E-state index contributed by atoms with van der Waals surface area (Å²) in [7, 11) is 0. The van der Waals surface area contributed by atoms with E-state index in [1.165, 1.54) is 23.9 Å². The fourth-order valence-electron chi connectivity index (χ4n) is 1.92. The summed E-state index contributed by atoms with van der Waals surface area (Å²) in [6, 6.07) is 13.5. The molecule has 0 aliphatic carbocycles. The Kier molecular flexibility index (Phi) is 6.81. The highest BCUT2D eigenvalue weighted by molar-refractivity contribution is 8.00. The second-order valence-electron chi connectivity index (χ2n) is 5.31. The molecule has 0 fully saturated rings. The molecule has 0 saturated heterocycles. The van der Waals surface area contributed by atoms with Gasteiger partial charge in [-0.25, -0.2) is 4.39 Å². The van der Waals surface area contributed by atoms with Gasteiger partial charge in [-0.05, 0) is 36.8 Å². The van der Waals surface area contributed by atoms with Crippen LogP contribution in [0.1, 0.15) is 11.1 Å². The van der Waals surface area contributed by atoms with Crippen LogP contribution in [0.3, 0.4) is 0 Å². The van der Waals surface area contributed by atoms with Crippen LogP contribution in [0.15, 0.2) is 48.5 Å². The maximum absolute atomic E-state index is 12.8. The molecule has 0 aliphatic rings. The lowest BCUT2D eigenvalue weighted by Gasteiger charge is -2.07. The molecule has 2 amide bonds. The van der Waals surface area contributed by atoms with Crippen molar-refractivity contribution in [2.24, 2.45) is 0 Å². The second-order valence-corrected chi connectivity index (χ2v) is 6.30. The van der Waals surface area contributed by atoms with Crippen LogP contribution in [0.4, 0.5) is 10.1 Å². The summed E-state index contributed by atoms with van der Waals surface area (Å²) in [5, 5.41) is 5.51. The highest BCUT2D eigenvalue weighted by Crippen LogP contribution is 2.10. The SMILES string of the molecule is Cc1ccc(NC(=O)CSCC(=O)NCc2ccc(F)cc2)cc1. The first-order valence-corrected chi connectivity index (χ1v) is 8.64. The van der Waals surface area contributed by atoms with E-state index in [1.54, 1.807) is 12.1 Å². The molecule has 0 atom stereocenters. The standard InChI is InChI=1S/C18H19FN2O2S/c1-13-2-8-16(9-3-13)21-18(23)12-24-11-17(22)20-10-14-4-6-15(19)7-5-14/h2-9H,10-12H2,1H3,(H,20,22)(H,21,23). The van der Waals surface area contributed by atoms with Crippen LogP contribution >= 0.6 is 11.8 Å². The molecular formula is C18H19FN2O2S. The molecule has 4 nitrogen and oxygen atoms in total. The van der Waals surface area contributed by atoms with Crippen LogP contribution in [-0.4, -0.2) is 23.3 Å². The van der Waals surface area contributed by atoms with E-state index >= 15 is 0 Å². The summed E-state index contributed by atoms with van der Waals surface area (Å²) in [5.74, 6) is -0.205. The fraction of sp³-hybridized carbons (Fsp3) is 0.222. The van der Waals surface area contributed by atoms with Gasteiger partial charge in [0.15, 0.2) is 0 Å². The number of carbonyl (C=O) groups is 2. The van der Waals surface area contributed by atoms with Gasteiger partial charge in [-0.2, -0.15) is 0 Å². The van der Waals surface area contributed by atoms with Gasteiger partial charge in [0.1, 0.15) is 5.82 Å². The molecular weight excluding hydrogens is 327 g/mol. The Morgan fingerprint density at radius 3 is 2.25 bits per heavy atom. The third kappa shape index (κ3) is 6.42. The molecule has 24 heavy (non-hydrogen) atoms. The number of aryl methyl sites for hydroxylation is 1. The summed E-state index contributed by atoms with van der Waals surface area (Å²) >= 11 is 1.25. The maximum Gasteiger partial charge on any atom is 0.234 e.